The lowest BCUT2D eigenvalue weighted by Crippen LogP contribution is -2.12. The molecule has 0 saturated carbocycles. The van der Waals surface area contributed by atoms with Gasteiger partial charge in [-0.15, -0.1) is 0 Å². The first-order valence-corrected chi connectivity index (χ1v) is 11.0. The van der Waals surface area contributed by atoms with Crippen molar-refractivity contribution in [2.75, 3.05) is 44.4 Å². The maximum absolute atomic E-state index is 11.7. The minimum absolute atomic E-state index is 0.535. The summed E-state index contributed by atoms with van der Waals surface area (Å²) in [4.78, 5) is 6.23. The van der Waals surface area contributed by atoms with E-state index >= 15 is 0 Å². The lowest BCUT2D eigenvalue weighted by atomic mass is 10.2. The Kier molecular flexibility index (Phi) is 8.37. The Hall–Kier alpha value is -2.75. The third kappa shape index (κ3) is 7.25. The number of hydrogen-bond acceptors (Lipinski definition) is 8. The molecule has 9 heteroatoms. The zero-order valence-electron chi connectivity index (χ0n) is 17.4. The van der Waals surface area contributed by atoms with Crippen LogP contribution in [0.25, 0.3) is 0 Å². The van der Waals surface area contributed by atoms with E-state index in [0.717, 1.165) is 30.7 Å². The van der Waals surface area contributed by atoms with Gasteiger partial charge in [-0.25, -0.2) is 0 Å². The van der Waals surface area contributed by atoms with Gasteiger partial charge in [0.1, 0.15) is 5.75 Å². The molecule has 0 amide bonds. The average Bonchev–Trinajstić information content (AvgIpc) is 3.08. The molecule has 0 aliphatic heterocycles. The summed E-state index contributed by atoms with van der Waals surface area (Å²) in [6, 6.07) is 12.1. The molecule has 1 atom stereocenters. The van der Waals surface area contributed by atoms with Gasteiger partial charge in [0.05, 0.1) is 6.61 Å². The van der Waals surface area contributed by atoms with Crippen molar-refractivity contribution in [2.45, 2.75) is 19.4 Å². The molecule has 2 N–H and O–H groups in total. The van der Waals surface area contributed by atoms with Gasteiger partial charge in [-0.05, 0) is 56.3 Å². The molecule has 0 saturated heterocycles. The van der Waals surface area contributed by atoms with E-state index < -0.39 is 11.1 Å². The van der Waals surface area contributed by atoms with Gasteiger partial charge in [-0.2, -0.15) is 0 Å². The Morgan fingerprint density at radius 1 is 1.03 bits per heavy atom. The summed E-state index contributed by atoms with van der Waals surface area (Å²) in [6.07, 6.45) is 5.17. The van der Waals surface area contributed by atoms with Crippen LogP contribution in [0.5, 0.6) is 5.75 Å². The van der Waals surface area contributed by atoms with Gasteiger partial charge in [0.25, 0.3) is 0 Å². The number of benzene rings is 1. The smallest absolute Gasteiger partial charge is 0.232 e. The van der Waals surface area contributed by atoms with Crippen LogP contribution in [-0.2, 0) is 13.0 Å². The summed E-state index contributed by atoms with van der Waals surface area (Å²) in [5, 5.41) is 6.40. The first kappa shape index (κ1) is 21.9. The fourth-order valence-corrected chi connectivity index (χ4v) is 3.59. The number of nitrogens with zero attached hydrogens (tertiary/aromatic N) is 4. The SMILES string of the molecule is CN(C)Cc1cccc(OCCCNc2n[s+]([O-])nc2NCCc2cccnc2)c1. The number of aromatic nitrogens is 3. The van der Waals surface area contributed by atoms with E-state index in [2.05, 4.69) is 41.4 Å². The van der Waals surface area contributed by atoms with Crippen molar-refractivity contribution in [3.63, 3.8) is 0 Å². The molecule has 30 heavy (non-hydrogen) atoms. The highest BCUT2D eigenvalue weighted by Gasteiger charge is 2.14. The standard InChI is InChI=1S/C21H28N6O2S/c1-27(2)16-18-6-3-8-19(14-18)29-13-5-11-23-20-21(26-30(28)25-20)24-12-9-17-7-4-10-22-15-17/h3-4,6-8,10,14-15H,5,9,11-13,16H2,1-2H3,(H,23,25)(H,24,26). The van der Waals surface area contributed by atoms with Crippen molar-refractivity contribution in [2.24, 2.45) is 0 Å². The van der Waals surface area contributed by atoms with E-state index in [1.54, 1.807) is 6.20 Å². The van der Waals surface area contributed by atoms with Crippen LogP contribution >= 0.6 is 11.1 Å². The maximum atomic E-state index is 11.7. The van der Waals surface area contributed by atoms with Crippen LogP contribution in [0.3, 0.4) is 0 Å². The summed E-state index contributed by atoms with van der Waals surface area (Å²) in [6.45, 7) is 2.77. The quantitative estimate of drug-likeness (QED) is 0.335. The molecule has 8 nitrogen and oxygen atoms in total. The van der Waals surface area contributed by atoms with E-state index in [1.165, 1.54) is 5.56 Å². The van der Waals surface area contributed by atoms with Crippen molar-refractivity contribution in [3.8, 4) is 5.75 Å². The molecular formula is C21H28N6O2S. The minimum Gasteiger partial charge on any atom is -0.546 e. The normalized spacial score (nSPS) is 11.5. The molecular weight excluding hydrogens is 400 g/mol. The maximum Gasteiger partial charge on any atom is 0.232 e. The molecule has 1 unspecified atom stereocenters. The van der Waals surface area contributed by atoms with Crippen molar-refractivity contribution in [1.29, 1.82) is 0 Å². The summed E-state index contributed by atoms with van der Waals surface area (Å²) >= 11 is -1.57. The highest BCUT2D eigenvalue weighted by Crippen LogP contribution is 2.22. The van der Waals surface area contributed by atoms with Crippen LogP contribution in [0, 0.1) is 0 Å². The second-order valence-corrected chi connectivity index (χ2v) is 7.99. The third-order valence-electron chi connectivity index (χ3n) is 4.27. The molecule has 2 aromatic heterocycles. The fraction of sp³-hybridized carbons (Fsp3) is 0.381. The highest BCUT2D eigenvalue weighted by atomic mass is 32.2. The van der Waals surface area contributed by atoms with E-state index in [1.807, 2.05) is 44.6 Å². The average molecular weight is 429 g/mol. The molecule has 0 aliphatic carbocycles. The number of hydrogen-bond donors (Lipinski definition) is 2. The first-order valence-electron chi connectivity index (χ1n) is 9.93. The molecule has 2 heterocycles. The molecule has 0 aliphatic rings. The van der Waals surface area contributed by atoms with Crippen LogP contribution in [0.2, 0.25) is 0 Å². The zero-order valence-corrected chi connectivity index (χ0v) is 18.2. The van der Waals surface area contributed by atoms with Crippen LogP contribution < -0.4 is 15.4 Å². The number of nitrogens with one attached hydrogen (secondary N) is 2. The number of pyridine rings is 1. The molecule has 160 valence electrons. The predicted octanol–water partition coefficient (Wildman–Crippen LogP) is 3.20. The number of rotatable bonds is 12. The van der Waals surface area contributed by atoms with Crippen LogP contribution in [0.15, 0.2) is 48.8 Å². The minimum atomic E-state index is -1.57. The Bertz CT molecular complexity index is 904. The van der Waals surface area contributed by atoms with Crippen LogP contribution in [0.4, 0.5) is 11.6 Å². The zero-order chi connectivity index (χ0) is 21.2. The Balaban J connectivity index is 1.40. The predicted molar refractivity (Wildman–Crippen MR) is 120 cm³/mol. The Labute approximate surface area is 180 Å². The summed E-state index contributed by atoms with van der Waals surface area (Å²) in [5.74, 6) is 1.94. The molecule has 0 bridgehead atoms. The van der Waals surface area contributed by atoms with Crippen LogP contribution in [-0.4, -0.2) is 57.0 Å². The fourth-order valence-electron chi connectivity index (χ4n) is 2.93. The van der Waals surface area contributed by atoms with Gasteiger partial charge in [-0.1, -0.05) is 18.2 Å². The molecule has 0 fully saturated rings. The number of ether oxygens (including phenoxy) is 1. The monoisotopic (exact) mass is 428 g/mol. The van der Waals surface area contributed by atoms with Crippen molar-refractivity contribution < 1.29 is 9.29 Å². The third-order valence-corrected chi connectivity index (χ3v) is 4.95. The summed E-state index contributed by atoms with van der Waals surface area (Å²) in [5.41, 5.74) is 2.35. The molecule has 0 spiro atoms. The van der Waals surface area contributed by atoms with Crippen molar-refractivity contribution in [1.82, 2.24) is 18.6 Å². The molecule has 0 radical (unpaired) electrons. The second kappa shape index (κ2) is 11.4. The number of anilines is 2. The van der Waals surface area contributed by atoms with Gasteiger partial charge in [0, 0.05) is 40.8 Å². The van der Waals surface area contributed by atoms with Gasteiger partial charge >= 0.3 is 0 Å². The van der Waals surface area contributed by atoms with Gasteiger partial charge < -0.3 is 24.8 Å². The second-order valence-electron chi connectivity index (χ2n) is 7.16. The van der Waals surface area contributed by atoms with E-state index in [4.69, 9.17) is 4.74 Å². The lowest BCUT2D eigenvalue weighted by Gasteiger charge is -2.12. The topological polar surface area (TPSA) is 98.3 Å². The van der Waals surface area contributed by atoms with Crippen molar-refractivity contribution >= 4 is 22.8 Å². The summed E-state index contributed by atoms with van der Waals surface area (Å²) in [7, 11) is 4.09. The van der Waals surface area contributed by atoms with E-state index in [9.17, 15) is 4.55 Å². The van der Waals surface area contributed by atoms with E-state index in [0.29, 0.717) is 31.3 Å². The van der Waals surface area contributed by atoms with E-state index in [-0.39, 0.29) is 0 Å². The van der Waals surface area contributed by atoms with Gasteiger partial charge in [0.15, 0.2) is 11.1 Å². The van der Waals surface area contributed by atoms with Gasteiger partial charge in [-0.3, -0.25) is 4.98 Å². The summed E-state index contributed by atoms with van der Waals surface area (Å²) < 4.78 is 25.6. The Morgan fingerprint density at radius 3 is 2.53 bits per heavy atom. The molecule has 1 aromatic carbocycles. The lowest BCUT2D eigenvalue weighted by molar-refractivity contribution is 0.314. The van der Waals surface area contributed by atoms with Gasteiger partial charge in [0.2, 0.25) is 11.6 Å². The Morgan fingerprint density at radius 2 is 1.80 bits per heavy atom. The largest absolute Gasteiger partial charge is 0.546 e. The highest BCUT2D eigenvalue weighted by molar-refractivity contribution is 7.14. The molecule has 3 aromatic rings. The molecule has 3 rings (SSSR count). The first-order chi connectivity index (χ1) is 14.6. The van der Waals surface area contributed by atoms with Crippen LogP contribution in [0.1, 0.15) is 17.5 Å². The van der Waals surface area contributed by atoms with Crippen molar-refractivity contribution in [3.05, 3.63) is 59.9 Å².